The van der Waals surface area contributed by atoms with Gasteiger partial charge in [-0.05, 0) is 26.2 Å². The molecule has 1 unspecified atom stereocenters. The van der Waals surface area contributed by atoms with Gasteiger partial charge in [-0.15, -0.1) is 0 Å². The molecule has 4 heteroatoms. The zero-order valence-corrected chi connectivity index (χ0v) is 9.91. The van der Waals surface area contributed by atoms with Crippen molar-refractivity contribution in [3.05, 3.63) is 0 Å². The predicted molar refractivity (Wildman–Crippen MR) is 59.0 cm³/mol. The molecule has 4 nitrogen and oxygen atoms in total. The number of rotatable bonds is 11. The molecular formula is C11H24O4. The third-order valence-corrected chi connectivity index (χ3v) is 1.96. The van der Waals surface area contributed by atoms with Crippen LogP contribution in [0.5, 0.6) is 0 Å². The summed E-state index contributed by atoms with van der Waals surface area (Å²) in [5.74, 6) is 0. The molecule has 15 heavy (non-hydrogen) atoms. The lowest BCUT2D eigenvalue weighted by Crippen LogP contribution is -2.09. The fourth-order valence-corrected chi connectivity index (χ4v) is 1.11. The second kappa shape index (κ2) is 11.9. The van der Waals surface area contributed by atoms with E-state index in [1.165, 1.54) is 0 Å². The Balaban J connectivity index is 2.87. The maximum atomic E-state index is 9.00. The maximum Gasteiger partial charge on any atom is 0.0701 e. The molecule has 0 rings (SSSR count). The van der Waals surface area contributed by atoms with Crippen molar-refractivity contribution in [1.29, 1.82) is 0 Å². The van der Waals surface area contributed by atoms with Gasteiger partial charge >= 0.3 is 0 Å². The average molecular weight is 220 g/mol. The molecule has 92 valence electrons. The molecule has 0 aromatic carbocycles. The largest absolute Gasteiger partial charge is 0.393 e. The lowest BCUT2D eigenvalue weighted by atomic mass is 10.2. The van der Waals surface area contributed by atoms with Gasteiger partial charge in [0.05, 0.1) is 32.5 Å². The van der Waals surface area contributed by atoms with Crippen molar-refractivity contribution in [2.75, 3.05) is 40.1 Å². The van der Waals surface area contributed by atoms with Crippen LogP contribution in [0.1, 0.15) is 26.2 Å². The highest BCUT2D eigenvalue weighted by Crippen LogP contribution is 1.99. The van der Waals surface area contributed by atoms with E-state index in [2.05, 4.69) is 0 Å². The molecule has 0 aliphatic carbocycles. The second-order valence-corrected chi connectivity index (χ2v) is 3.56. The van der Waals surface area contributed by atoms with E-state index in [1.54, 1.807) is 7.11 Å². The summed E-state index contributed by atoms with van der Waals surface area (Å²) in [7, 11) is 1.65. The summed E-state index contributed by atoms with van der Waals surface area (Å²) in [6.45, 7) is 5.08. The van der Waals surface area contributed by atoms with Crippen LogP contribution in [-0.2, 0) is 14.2 Å². The number of hydrogen-bond acceptors (Lipinski definition) is 4. The molecule has 0 spiro atoms. The van der Waals surface area contributed by atoms with E-state index in [9.17, 15) is 0 Å². The fourth-order valence-electron chi connectivity index (χ4n) is 1.11. The van der Waals surface area contributed by atoms with Gasteiger partial charge < -0.3 is 19.3 Å². The van der Waals surface area contributed by atoms with Gasteiger partial charge in [-0.1, -0.05) is 0 Å². The highest BCUT2D eigenvalue weighted by atomic mass is 16.5. The topological polar surface area (TPSA) is 47.9 Å². The van der Waals surface area contributed by atoms with E-state index in [-0.39, 0.29) is 6.10 Å². The van der Waals surface area contributed by atoms with Crippen LogP contribution in [0.2, 0.25) is 0 Å². The SMILES string of the molecule is COCCOCCOCCCCC(C)O. The first-order valence-corrected chi connectivity index (χ1v) is 5.60. The van der Waals surface area contributed by atoms with Gasteiger partial charge in [0.15, 0.2) is 0 Å². The van der Waals surface area contributed by atoms with Gasteiger partial charge in [-0.25, -0.2) is 0 Å². The Labute approximate surface area is 92.5 Å². The Bertz CT molecular complexity index is 117. The second-order valence-electron chi connectivity index (χ2n) is 3.56. The van der Waals surface area contributed by atoms with Crippen LogP contribution in [0.25, 0.3) is 0 Å². The number of methoxy groups -OCH3 is 1. The van der Waals surface area contributed by atoms with Crippen molar-refractivity contribution in [2.45, 2.75) is 32.3 Å². The van der Waals surface area contributed by atoms with Gasteiger partial charge in [0.2, 0.25) is 0 Å². The van der Waals surface area contributed by atoms with Crippen molar-refractivity contribution >= 4 is 0 Å². The lowest BCUT2D eigenvalue weighted by Gasteiger charge is -2.06. The van der Waals surface area contributed by atoms with Crippen molar-refractivity contribution in [2.24, 2.45) is 0 Å². The van der Waals surface area contributed by atoms with Crippen molar-refractivity contribution < 1.29 is 19.3 Å². The summed E-state index contributed by atoms with van der Waals surface area (Å²) in [5.41, 5.74) is 0. The Morgan fingerprint density at radius 2 is 1.53 bits per heavy atom. The molecule has 0 aromatic heterocycles. The first-order chi connectivity index (χ1) is 7.27. The molecule has 0 fully saturated rings. The minimum Gasteiger partial charge on any atom is -0.393 e. The van der Waals surface area contributed by atoms with E-state index in [0.717, 1.165) is 25.9 Å². The van der Waals surface area contributed by atoms with E-state index >= 15 is 0 Å². The first-order valence-electron chi connectivity index (χ1n) is 5.60. The number of unbranched alkanes of at least 4 members (excludes halogenated alkanes) is 1. The van der Waals surface area contributed by atoms with Crippen LogP contribution in [0.3, 0.4) is 0 Å². The summed E-state index contributed by atoms with van der Waals surface area (Å²) < 4.78 is 15.4. The predicted octanol–water partition coefficient (Wildman–Crippen LogP) is 1.22. The summed E-state index contributed by atoms with van der Waals surface area (Å²) in [4.78, 5) is 0. The highest BCUT2D eigenvalue weighted by molar-refractivity contribution is 4.47. The number of ether oxygens (including phenoxy) is 3. The number of aliphatic hydroxyl groups is 1. The summed E-state index contributed by atoms with van der Waals surface area (Å²) in [5, 5.41) is 9.00. The number of hydrogen-bond donors (Lipinski definition) is 1. The summed E-state index contributed by atoms with van der Waals surface area (Å²) in [6, 6.07) is 0. The normalized spacial score (nSPS) is 13.0. The monoisotopic (exact) mass is 220 g/mol. The maximum absolute atomic E-state index is 9.00. The van der Waals surface area contributed by atoms with Gasteiger partial charge in [0, 0.05) is 13.7 Å². The Morgan fingerprint density at radius 1 is 0.933 bits per heavy atom. The Morgan fingerprint density at radius 3 is 2.13 bits per heavy atom. The van der Waals surface area contributed by atoms with Crippen LogP contribution in [-0.4, -0.2) is 51.4 Å². The Hall–Kier alpha value is -0.160. The zero-order valence-electron chi connectivity index (χ0n) is 9.91. The molecule has 1 N–H and O–H groups in total. The molecule has 0 bridgehead atoms. The minimum atomic E-state index is -0.192. The third-order valence-electron chi connectivity index (χ3n) is 1.96. The summed E-state index contributed by atoms with van der Waals surface area (Å²) >= 11 is 0. The smallest absolute Gasteiger partial charge is 0.0701 e. The molecule has 0 radical (unpaired) electrons. The molecule has 0 amide bonds. The Kier molecular flexibility index (Phi) is 11.8. The summed E-state index contributed by atoms with van der Waals surface area (Å²) in [6.07, 6.45) is 2.68. The van der Waals surface area contributed by atoms with Crippen molar-refractivity contribution in [3.63, 3.8) is 0 Å². The van der Waals surface area contributed by atoms with Gasteiger partial charge in [0.25, 0.3) is 0 Å². The van der Waals surface area contributed by atoms with Crippen LogP contribution in [0.15, 0.2) is 0 Å². The third kappa shape index (κ3) is 13.8. The molecule has 0 saturated heterocycles. The highest BCUT2D eigenvalue weighted by Gasteiger charge is 1.95. The molecule has 0 aliphatic rings. The molecule has 0 aliphatic heterocycles. The van der Waals surface area contributed by atoms with E-state index in [4.69, 9.17) is 19.3 Å². The molecular weight excluding hydrogens is 196 g/mol. The van der Waals surface area contributed by atoms with Gasteiger partial charge in [0.1, 0.15) is 0 Å². The van der Waals surface area contributed by atoms with Crippen LogP contribution in [0, 0.1) is 0 Å². The average Bonchev–Trinajstić information content (AvgIpc) is 2.20. The first kappa shape index (κ1) is 14.8. The van der Waals surface area contributed by atoms with Crippen molar-refractivity contribution in [1.82, 2.24) is 0 Å². The van der Waals surface area contributed by atoms with E-state index in [1.807, 2.05) is 6.92 Å². The number of aliphatic hydroxyl groups excluding tert-OH is 1. The quantitative estimate of drug-likeness (QED) is 0.532. The van der Waals surface area contributed by atoms with Crippen LogP contribution in [0.4, 0.5) is 0 Å². The zero-order chi connectivity index (χ0) is 11.4. The van der Waals surface area contributed by atoms with Gasteiger partial charge in [-0.3, -0.25) is 0 Å². The van der Waals surface area contributed by atoms with Crippen LogP contribution >= 0.6 is 0 Å². The standard InChI is InChI=1S/C11H24O4/c1-11(12)5-3-4-6-14-9-10-15-8-7-13-2/h11-12H,3-10H2,1-2H3. The molecule has 0 aromatic rings. The minimum absolute atomic E-state index is 0.192. The van der Waals surface area contributed by atoms with Crippen LogP contribution < -0.4 is 0 Å². The molecule has 0 heterocycles. The van der Waals surface area contributed by atoms with Gasteiger partial charge in [-0.2, -0.15) is 0 Å². The lowest BCUT2D eigenvalue weighted by molar-refractivity contribution is 0.0235. The van der Waals surface area contributed by atoms with E-state index in [0.29, 0.717) is 26.4 Å². The fraction of sp³-hybridized carbons (Fsp3) is 1.00. The molecule has 1 atom stereocenters. The van der Waals surface area contributed by atoms with Crippen molar-refractivity contribution in [3.8, 4) is 0 Å². The van der Waals surface area contributed by atoms with E-state index < -0.39 is 0 Å². The molecule has 0 saturated carbocycles.